The van der Waals surface area contributed by atoms with Gasteiger partial charge >= 0.3 is 0 Å². The molecule has 0 bridgehead atoms. The zero-order valence-corrected chi connectivity index (χ0v) is 21.3. The predicted octanol–water partition coefficient (Wildman–Crippen LogP) is 4.05. The number of nitrogens with zero attached hydrogens (tertiary/aromatic N) is 1. The Morgan fingerprint density at radius 2 is 1.12 bits per heavy atom. The van der Waals surface area contributed by atoms with E-state index in [-0.39, 0.29) is 24.7 Å². The minimum Gasteiger partial charge on any atom is -0.395 e. The van der Waals surface area contributed by atoms with Crippen molar-refractivity contribution in [1.82, 2.24) is 4.90 Å². The molecule has 8 heteroatoms. The third-order valence-electron chi connectivity index (χ3n) is 5.55. The summed E-state index contributed by atoms with van der Waals surface area (Å²) in [6, 6.07) is 6.73. The van der Waals surface area contributed by atoms with E-state index in [1.807, 2.05) is 6.07 Å². The highest BCUT2D eigenvalue weighted by molar-refractivity contribution is 7.85. The first-order chi connectivity index (χ1) is 15.9. The van der Waals surface area contributed by atoms with Gasteiger partial charge in [0.25, 0.3) is 10.1 Å². The number of rotatable bonds is 19. The van der Waals surface area contributed by atoms with Crippen LogP contribution < -0.4 is 0 Å². The average Bonchev–Trinajstić information content (AvgIpc) is 2.78. The molecule has 1 rings (SSSR count). The zero-order valence-electron chi connectivity index (χ0n) is 20.5. The van der Waals surface area contributed by atoms with Crippen LogP contribution in [-0.4, -0.2) is 72.6 Å². The van der Waals surface area contributed by atoms with Gasteiger partial charge in [0.1, 0.15) is 0 Å². The monoisotopic (exact) mass is 489 g/mol. The molecule has 0 aromatic heterocycles. The van der Waals surface area contributed by atoms with Crippen molar-refractivity contribution < 1.29 is 28.3 Å². The second-order valence-electron chi connectivity index (χ2n) is 8.38. The van der Waals surface area contributed by atoms with Gasteiger partial charge in [-0.3, -0.25) is 9.45 Å². The quantitative estimate of drug-likeness (QED) is 0.171. The molecule has 1 aromatic rings. The van der Waals surface area contributed by atoms with E-state index >= 15 is 0 Å². The van der Waals surface area contributed by atoms with E-state index in [9.17, 15) is 13.0 Å². The van der Waals surface area contributed by atoms with E-state index in [1.54, 1.807) is 17.0 Å². The smallest absolute Gasteiger partial charge is 0.294 e. The summed E-state index contributed by atoms with van der Waals surface area (Å²) in [4.78, 5) is 1.85. The Bertz CT molecular complexity index is 654. The van der Waals surface area contributed by atoms with Gasteiger partial charge in [0, 0.05) is 19.6 Å². The molecule has 0 aliphatic rings. The van der Waals surface area contributed by atoms with Crippen molar-refractivity contribution in [2.24, 2.45) is 0 Å². The molecular formula is C25H47NO6S. The SMILES string of the molecule is CCCCCCCCCCCCCc1ccccc1S(=O)(=O)O.OCCN(CCO)CCO. The number of aryl methyl sites for hydroxylation is 1. The third-order valence-corrected chi connectivity index (χ3v) is 6.50. The van der Waals surface area contributed by atoms with Crippen molar-refractivity contribution in [3.8, 4) is 0 Å². The molecule has 1 aromatic carbocycles. The fourth-order valence-electron chi connectivity index (χ4n) is 3.70. The second-order valence-corrected chi connectivity index (χ2v) is 9.77. The number of aliphatic hydroxyl groups is 3. The summed E-state index contributed by atoms with van der Waals surface area (Å²) in [5, 5.41) is 25.5. The van der Waals surface area contributed by atoms with Crippen LogP contribution in [0, 0.1) is 0 Å². The topological polar surface area (TPSA) is 118 Å². The molecule has 7 nitrogen and oxygen atoms in total. The average molecular weight is 490 g/mol. The number of hydrogen-bond acceptors (Lipinski definition) is 6. The largest absolute Gasteiger partial charge is 0.395 e. The number of aliphatic hydroxyl groups excluding tert-OH is 3. The van der Waals surface area contributed by atoms with Gasteiger partial charge in [-0.05, 0) is 24.5 Å². The Kier molecular flexibility index (Phi) is 20.8. The standard InChI is InChI=1S/C19H32O3S.C6H15NO3/c1-2-3-4-5-6-7-8-9-10-11-12-15-18-16-13-14-17-19(18)23(20,21)22;8-4-1-7(2-5-9)3-6-10/h13-14,16-17H,2-12,15H2,1H3,(H,20,21,22);8-10H,1-6H2. The second kappa shape index (κ2) is 21.5. The number of benzene rings is 1. The van der Waals surface area contributed by atoms with Crippen LogP contribution in [0.15, 0.2) is 29.2 Å². The summed E-state index contributed by atoms with van der Waals surface area (Å²) in [6.07, 6.45) is 14.7. The lowest BCUT2D eigenvalue weighted by Crippen LogP contribution is -2.32. The molecule has 0 saturated carbocycles. The van der Waals surface area contributed by atoms with Crippen molar-refractivity contribution in [3.05, 3.63) is 29.8 Å². The van der Waals surface area contributed by atoms with Crippen molar-refractivity contribution in [2.45, 2.75) is 88.9 Å². The van der Waals surface area contributed by atoms with Gasteiger partial charge in [-0.25, -0.2) is 0 Å². The van der Waals surface area contributed by atoms with Crippen LogP contribution in [0.2, 0.25) is 0 Å². The lowest BCUT2D eigenvalue weighted by Gasteiger charge is -2.17. The van der Waals surface area contributed by atoms with Crippen molar-refractivity contribution >= 4 is 10.1 Å². The van der Waals surface area contributed by atoms with E-state index in [0.29, 0.717) is 26.1 Å². The summed E-state index contributed by atoms with van der Waals surface area (Å²) in [5.41, 5.74) is 0.728. The van der Waals surface area contributed by atoms with Gasteiger partial charge in [0.05, 0.1) is 24.7 Å². The molecule has 0 amide bonds. The molecule has 4 N–H and O–H groups in total. The molecule has 0 radical (unpaired) electrons. The highest BCUT2D eigenvalue weighted by Crippen LogP contribution is 2.18. The summed E-state index contributed by atoms with van der Waals surface area (Å²) >= 11 is 0. The van der Waals surface area contributed by atoms with Gasteiger partial charge < -0.3 is 15.3 Å². The minimum atomic E-state index is -4.10. The summed E-state index contributed by atoms with van der Waals surface area (Å²) in [7, 11) is -4.10. The third kappa shape index (κ3) is 18.0. The van der Waals surface area contributed by atoms with Crippen molar-refractivity contribution in [3.63, 3.8) is 0 Å². The van der Waals surface area contributed by atoms with Crippen LogP contribution in [0.3, 0.4) is 0 Å². The maximum Gasteiger partial charge on any atom is 0.294 e. The lowest BCUT2D eigenvalue weighted by molar-refractivity contribution is 0.136. The molecule has 0 unspecified atom stereocenters. The van der Waals surface area contributed by atoms with Gasteiger partial charge in [-0.1, -0.05) is 89.3 Å². The molecule has 194 valence electrons. The predicted molar refractivity (Wildman–Crippen MR) is 134 cm³/mol. The fraction of sp³-hybridized carbons (Fsp3) is 0.760. The molecule has 0 aliphatic carbocycles. The first-order valence-electron chi connectivity index (χ1n) is 12.5. The van der Waals surface area contributed by atoms with Crippen LogP contribution in [0.4, 0.5) is 0 Å². The molecule has 0 saturated heterocycles. The van der Waals surface area contributed by atoms with Gasteiger partial charge in [0.2, 0.25) is 0 Å². The molecule has 0 heterocycles. The fourth-order valence-corrected chi connectivity index (χ4v) is 4.45. The number of hydrogen-bond donors (Lipinski definition) is 4. The van der Waals surface area contributed by atoms with E-state index in [1.165, 1.54) is 63.9 Å². The first kappa shape index (κ1) is 32.0. The molecule has 33 heavy (non-hydrogen) atoms. The van der Waals surface area contributed by atoms with Crippen molar-refractivity contribution in [2.75, 3.05) is 39.5 Å². The normalized spacial score (nSPS) is 11.5. The Balaban J connectivity index is 0.000000861. The summed E-state index contributed by atoms with van der Waals surface area (Å²) in [6.45, 7) is 4.00. The highest BCUT2D eigenvalue weighted by atomic mass is 32.2. The highest BCUT2D eigenvalue weighted by Gasteiger charge is 2.13. The molecule has 0 aliphatic heterocycles. The van der Waals surface area contributed by atoms with E-state index in [0.717, 1.165) is 18.4 Å². The van der Waals surface area contributed by atoms with Crippen LogP contribution in [-0.2, 0) is 16.5 Å². The van der Waals surface area contributed by atoms with Gasteiger partial charge in [0.15, 0.2) is 0 Å². The van der Waals surface area contributed by atoms with Gasteiger partial charge in [-0.2, -0.15) is 8.42 Å². The Morgan fingerprint density at radius 3 is 1.55 bits per heavy atom. The van der Waals surface area contributed by atoms with Crippen LogP contribution in [0.25, 0.3) is 0 Å². The Labute approximate surface area is 201 Å². The van der Waals surface area contributed by atoms with E-state index < -0.39 is 10.1 Å². The van der Waals surface area contributed by atoms with E-state index in [4.69, 9.17) is 15.3 Å². The first-order valence-corrected chi connectivity index (χ1v) is 13.9. The van der Waals surface area contributed by atoms with Crippen LogP contribution >= 0.6 is 0 Å². The maximum absolute atomic E-state index is 11.3. The minimum absolute atomic E-state index is 0.0621. The molecule has 0 atom stereocenters. The molecule has 0 fully saturated rings. The lowest BCUT2D eigenvalue weighted by atomic mass is 10.0. The Hall–Kier alpha value is -1.03. The molecule has 0 spiro atoms. The van der Waals surface area contributed by atoms with Crippen molar-refractivity contribution in [1.29, 1.82) is 0 Å². The van der Waals surface area contributed by atoms with Crippen LogP contribution in [0.5, 0.6) is 0 Å². The number of unbranched alkanes of at least 4 members (excludes halogenated alkanes) is 10. The van der Waals surface area contributed by atoms with Crippen LogP contribution in [0.1, 0.15) is 83.1 Å². The summed E-state index contributed by atoms with van der Waals surface area (Å²) in [5.74, 6) is 0. The maximum atomic E-state index is 11.3. The molecular weight excluding hydrogens is 442 g/mol. The van der Waals surface area contributed by atoms with E-state index in [2.05, 4.69) is 6.92 Å². The van der Waals surface area contributed by atoms with Gasteiger partial charge in [-0.15, -0.1) is 0 Å². The summed E-state index contributed by atoms with van der Waals surface area (Å²) < 4.78 is 31.8. The zero-order chi connectivity index (χ0) is 24.8. The Morgan fingerprint density at radius 1 is 0.697 bits per heavy atom.